The number of carbonyl (C=O) groups is 1. The molecule has 2 nitrogen and oxygen atoms in total. The van der Waals surface area contributed by atoms with Gasteiger partial charge < -0.3 is 4.74 Å². The van der Waals surface area contributed by atoms with E-state index in [0.717, 1.165) is 17.7 Å². The SMILES string of the molecule is CCCCC(CC)COC(=O)c1cccc(S)c1. The first kappa shape index (κ1) is 15.1. The normalized spacial score (nSPS) is 12.2. The molecule has 0 aliphatic rings. The molecule has 0 aliphatic heterocycles. The number of rotatable bonds is 7. The highest BCUT2D eigenvalue weighted by atomic mass is 32.1. The molecule has 0 amide bonds. The van der Waals surface area contributed by atoms with Crippen molar-refractivity contribution in [2.45, 2.75) is 44.4 Å². The van der Waals surface area contributed by atoms with Gasteiger partial charge in [-0.25, -0.2) is 4.79 Å². The Labute approximate surface area is 115 Å². The Morgan fingerprint density at radius 2 is 2.17 bits per heavy atom. The number of hydrogen-bond donors (Lipinski definition) is 1. The van der Waals surface area contributed by atoms with Crippen molar-refractivity contribution in [3.63, 3.8) is 0 Å². The molecule has 0 saturated heterocycles. The lowest BCUT2D eigenvalue weighted by Crippen LogP contribution is -2.14. The summed E-state index contributed by atoms with van der Waals surface area (Å²) in [5, 5.41) is 0. The highest BCUT2D eigenvalue weighted by molar-refractivity contribution is 7.80. The quantitative estimate of drug-likeness (QED) is 0.586. The summed E-state index contributed by atoms with van der Waals surface area (Å²) in [7, 11) is 0. The molecule has 0 fully saturated rings. The van der Waals surface area contributed by atoms with Gasteiger partial charge in [0.15, 0.2) is 0 Å². The van der Waals surface area contributed by atoms with E-state index >= 15 is 0 Å². The maximum Gasteiger partial charge on any atom is 0.338 e. The third-order valence-electron chi connectivity index (χ3n) is 3.08. The molecule has 1 atom stereocenters. The second kappa shape index (κ2) is 8.20. The van der Waals surface area contributed by atoms with Gasteiger partial charge in [-0.05, 0) is 30.5 Å². The maximum atomic E-state index is 11.8. The van der Waals surface area contributed by atoms with Gasteiger partial charge in [-0.15, -0.1) is 12.6 Å². The van der Waals surface area contributed by atoms with Gasteiger partial charge in [-0.1, -0.05) is 39.2 Å². The number of esters is 1. The number of benzene rings is 1. The summed E-state index contributed by atoms with van der Waals surface area (Å²) >= 11 is 4.21. The Hall–Kier alpha value is -0.960. The first-order valence-corrected chi connectivity index (χ1v) is 7.08. The fourth-order valence-electron chi connectivity index (χ4n) is 1.81. The number of unbranched alkanes of at least 4 members (excludes halogenated alkanes) is 1. The molecule has 0 N–H and O–H groups in total. The van der Waals surface area contributed by atoms with Gasteiger partial charge in [-0.3, -0.25) is 0 Å². The Kier molecular flexibility index (Phi) is 6.88. The summed E-state index contributed by atoms with van der Waals surface area (Å²) in [5.74, 6) is 0.230. The number of thiol groups is 1. The van der Waals surface area contributed by atoms with Crippen LogP contribution in [0.25, 0.3) is 0 Å². The van der Waals surface area contributed by atoms with Crippen LogP contribution in [0.2, 0.25) is 0 Å². The minimum atomic E-state index is -0.249. The minimum absolute atomic E-state index is 0.249. The molecule has 0 aliphatic carbocycles. The molecule has 1 aromatic rings. The van der Waals surface area contributed by atoms with Gasteiger partial charge in [0.1, 0.15) is 0 Å². The zero-order chi connectivity index (χ0) is 13.4. The van der Waals surface area contributed by atoms with E-state index in [-0.39, 0.29) is 5.97 Å². The summed E-state index contributed by atoms with van der Waals surface area (Å²) in [6, 6.07) is 7.15. The van der Waals surface area contributed by atoms with Crippen LogP contribution in [0, 0.1) is 5.92 Å². The molecule has 1 aromatic carbocycles. The van der Waals surface area contributed by atoms with Gasteiger partial charge >= 0.3 is 5.97 Å². The minimum Gasteiger partial charge on any atom is -0.462 e. The summed E-state index contributed by atoms with van der Waals surface area (Å²) in [6.45, 7) is 4.84. The van der Waals surface area contributed by atoms with Crippen molar-refractivity contribution in [1.82, 2.24) is 0 Å². The van der Waals surface area contributed by atoms with Gasteiger partial charge in [-0.2, -0.15) is 0 Å². The van der Waals surface area contributed by atoms with Crippen LogP contribution < -0.4 is 0 Å². The molecule has 1 rings (SSSR count). The van der Waals surface area contributed by atoms with Crippen LogP contribution in [0.5, 0.6) is 0 Å². The fraction of sp³-hybridized carbons (Fsp3) is 0.533. The summed E-state index contributed by atoms with van der Waals surface area (Å²) in [5.41, 5.74) is 0.577. The van der Waals surface area contributed by atoms with Crippen molar-refractivity contribution in [2.75, 3.05) is 6.61 Å². The maximum absolute atomic E-state index is 11.8. The van der Waals surface area contributed by atoms with Gasteiger partial charge in [0.2, 0.25) is 0 Å². The highest BCUT2D eigenvalue weighted by Gasteiger charge is 2.11. The van der Waals surface area contributed by atoms with E-state index in [1.807, 2.05) is 12.1 Å². The van der Waals surface area contributed by atoms with Crippen molar-refractivity contribution < 1.29 is 9.53 Å². The monoisotopic (exact) mass is 266 g/mol. The fourth-order valence-corrected chi connectivity index (χ4v) is 2.03. The van der Waals surface area contributed by atoms with Crippen LogP contribution in [0.1, 0.15) is 49.9 Å². The molecule has 0 aromatic heterocycles. The largest absolute Gasteiger partial charge is 0.462 e. The predicted octanol–water partition coefficient (Wildman–Crippen LogP) is 4.35. The van der Waals surface area contributed by atoms with Gasteiger partial charge in [0, 0.05) is 4.90 Å². The molecule has 0 bridgehead atoms. The van der Waals surface area contributed by atoms with E-state index in [2.05, 4.69) is 26.5 Å². The van der Waals surface area contributed by atoms with E-state index in [4.69, 9.17) is 4.74 Å². The Morgan fingerprint density at radius 1 is 1.39 bits per heavy atom. The van der Waals surface area contributed by atoms with Crippen LogP contribution in [0.15, 0.2) is 29.2 Å². The van der Waals surface area contributed by atoms with E-state index in [1.165, 1.54) is 12.8 Å². The van der Waals surface area contributed by atoms with E-state index in [1.54, 1.807) is 12.1 Å². The summed E-state index contributed by atoms with van der Waals surface area (Å²) in [4.78, 5) is 12.6. The molecule has 100 valence electrons. The summed E-state index contributed by atoms with van der Waals surface area (Å²) in [6.07, 6.45) is 4.57. The first-order valence-electron chi connectivity index (χ1n) is 6.63. The second-order valence-electron chi connectivity index (χ2n) is 4.57. The van der Waals surface area contributed by atoms with Crippen molar-refractivity contribution in [1.29, 1.82) is 0 Å². The molecular weight excluding hydrogens is 244 g/mol. The molecule has 3 heteroatoms. The lowest BCUT2D eigenvalue weighted by Gasteiger charge is -2.14. The first-order chi connectivity index (χ1) is 8.67. The third kappa shape index (κ3) is 5.13. The van der Waals surface area contributed by atoms with Gasteiger partial charge in [0.25, 0.3) is 0 Å². The van der Waals surface area contributed by atoms with Crippen LogP contribution in [-0.2, 0) is 4.74 Å². The molecule has 0 heterocycles. The Morgan fingerprint density at radius 3 is 2.78 bits per heavy atom. The summed E-state index contributed by atoms with van der Waals surface area (Å²) < 4.78 is 5.36. The zero-order valence-electron chi connectivity index (χ0n) is 11.2. The van der Waals surface area contributed by atoms with Crippen LogP contribution >= 0.6 is 12.6 Å². The number of hydrogen-bond acceptors (Lipinski definition) is 3. The van der Waals surface area contributed by atoms with E-state index in [0.29, 0.717) is 18.1 Å². The molecule has 0 spiro atoms. The second-order valence-corrected chi connectivity index (χ2v) is 5.08. The Balaban J connectivity index is 2.44. The van der Waals surface area contributed by atoms with Crippen LogP contribution in [-0.4, -0.2) is 12.6 Å². The lowest BCUT2D eigenvalue weighted by atomic mass is 10.0. The van der Waals surface area contributed by atoms with E-state index < -0.39 is 0 Å². The lowest BCUT2D eigenvalue weighted by molar-refractivity contribution is 0.0428. The molecule has 1 unspecified atom stereocenters. The predicted molar refractivity (Wildman–Crippen MR) is 77.3 cm³/mol. The van der Waals surface area contributed by atoms with Gasteiger partial charge in [0.05, 0.1) is 12.2 Å². The number of ether oxygens (including phenoxy) is 1. The van der Waals surface area contributed by atoms with Crippen molar-refractivity contribution in [3.05, 3.63) is 29.8 Å². The third-order valence-corrected chi connectivity index (χ3v) is 3.35. The van der Waals surface area contributed by atoms with Crippen LogP contribution in [0.4, 0.5) is 0 Å². The Bertz CT molecular complexity index is 377. The molecular formula is C15H22O2S. The highest BCUT2D eigenvalue weighted by Crippen LogP contribution is 2.15. The van der Waals surface area contributed by atoms with Crippen molar-refractivity contribution in [3.8, 4) is 0 Å². The smallest absolute Gasteiger partial charge is 0.338 e. The molecule has 18 heavy (non-hydrogen) atoms. The van der Waals surface area contributed by atoms with E-state index in [9.17, 15) is 4.79 Å². The van der Waals surface area contributed by atoms with Crippen molar-refractivity contribution >= 4 is 18.6 Å². The molecule has 0 saturated carbocycles. The average Bonchev–Trinajstić information content (AvgIpc) is 2.38. The van der Waals surface area contributed by atoms with Crippen molar-refractivity contribution in [2.24, 2.45) is 5.92 Å². The van der Waals surface area contributed by atoms with Crippen LogP contribution in [0.3, 0.4) is 0 Å². The average molecular weight is 266 g/mol. The zero-order valence-corrected chi connectivity index (χ0v) is 12.1. The topological polar surface area (TPSA) is 26.3 Å². The molecule has 0 radical (unpaired) electrons. The number of carbonyl (C=O) groups excluding carboxylic acids is 1. The standard InChI is InChI=1S/C15H22O2S/c1-3-5-7-12(4-2)11-17-15(16)13-8-6-9-14(18)10-13/h6,8-10,12,18H,3-5,7,11H2,1-2H3.